The molecule has 0 radical (unpaired) electrons. The Kier molecular flexibility index (Phi) is 8.85. The summed E-state index contributed by atoms with van der Waals surface area (Å²) >= 11 is 1.33. The van der Waals surface area contributed by atoms with Crippen LogP contribution in [-0.2, 0) is 16.0 Å². The first-order valence-corrected chi connectivity index (χ1v) is 13.9. The van der Waals surface area contributed by atoms with Crippen molar-refractivity contribution in [3.8, 4) is 28.9 Å². The Morgan fingerprint density at radius 1 is 0.902 bits per heavy atom. The second-order valence-electron chi connectivity index (χ2n) is 9.12. The first kappa shape index (κ1) is 28.2. The molecule has 11 heteroatoms. The molecule has 0 amide bonds. The number of esters is 2. The lowest BCUT2D eigenvalue weighted by atomic mass is 10.0. The normalized spacial score (nSPS) is 12.5. The number of nitrogens with zero attached hydrogens (tertiary/aromatic N) is 2. The van der Waals surface area contributed by atoms with Crippen LogP contribution in [0.15, 0.2) is 64.4 Å². The number of methoxy groups -OCH3 is 2. The van der Waals surface area contributed by atoms with E-state index in [-0.39, 0.29) is 11.6 Å². The van der Waals surface area contributed by atoms with E-state index in [2.05, 4.69) is 21.6 Å². The van der Waals surface area contributed by atoms with Crippen LogP contribution in [0.3, 0.4) is 0 Å². The van der Waals surface area contributed by atoms with E-state index in [9.17, 15) is 9.59 Å². The average Bonchev–Trinajstić information content (AvgIpc) is 2.98. The van der Waals surface area contributed by atoms with E-state index in [4.69, 9.17) is 23.7 Å². The number of rotatable bonds is 12. The SMILES string of the molecule is COc1ccc(CCNCCCOc2ccc(Sc3c4nnc5cccc(c35)OC(=O)C(=O)O4)cc2)c(C)c1OC. The molecule has 0 saturated heterocycles. The quantitative estimate of drug-likeness (QED) is 0.111. The summed E-state index contributed by atoms with van der Waals surface area (Å²) in [6.45, 7) is 4.29. The zero-order chi connectivity index (χ0) is 28.8. The molecule has 41 heavy (non-hydrogen) atoms. The third-order valence-corrected chi connectivity index (χ3v) is 7.61. The van der Waals surface area contributed by atoms with Crippen LogP contribution in [0.25, 0.3) is 10.9 Å². The van der Waals surface area contributed by atoms with Crippen LogP contribution in [0.4, 0.5) is 0 Å². The Bertz CT molecular complexity index is 1580. The minimum absolute atomic E-state index is 0.0364. The molecule has 1 aromatic heterocycles. The molecule has 2 bridgehead atoms. The first-order valence-electron chi connectivity index (χ1n) is 13.0. The van der Waals surface area contributed by atoms with Gasteiger partial charge in [0, 0.05) is 4.90 Å². The number of fused-ring (bicyclic) bond motifs is 1. The van der Waals surface area contributed by atoms with Crippen LogP contribution in [0.5, 0.6) is 28.9 Å². The summed E-state index contributed by atoms with van der Waals surface area (Å²) in [7, 11) is 3.30. The lowest BCUT2D eigenvalue weighted by molar-refractivity contribution is -0.156. The number of aromatic nitrogens is 2. The molecule has 5 rings (SSSR count). The number of hydrogen-bond acceptors (Lipinski definition) is 11. The van der Waals surface area contributed by atoms with Crippen molar-refractivity contribution < 1.29 is 33.3 Å². The highest BCUT2D eigenvalue weighted by molar-refractivity contribution is 7.99. The van der Waals surface area contributed by atoms with Crippen molar-refractivity contribution in [3.05, 3.63) is 65.7 Å². The van der Waals surface area contributed by atoms with Gasteiger partial charge in [0.1, 0.15) is 11.5 Å². The summed E-state index contributed by atoms with van der Waals surface area (Å²) in [6, 6.07) is 16.6. The summed E-state index contributed by atoms with van der Waals surface area (Å²) in [4.78, 5) is 25.4. The Labute approximate surface area is 241 Å². The topological polar surface area (TPSA) is 118 Å². The molecule has 3 aromatic carbocycles. The first-order chi connectivity index (χ1) is 20.0. The zero-order valence-electron chi connectivity index (χ0n) is 22.9. The Hall–Kier alpha value is -4.35. The lowest BCUT2D eigenvalue weighted by Crippen LogP contribution is -2.27. The van der Waals surface area contributed by atoms with Crippen LogP contribution in [0, 0.1) is 6.92 Å². The van der Waals surface area contributed by atoms with Crippen LogP contribution in [0.1, 0.15) is 17.5 Å². The molecule has 1 aliphatic rings. The van der Waals surface area contributed by atoms with Gasteiger partial charge in [-0.3, -0.25) is 0 Å². The van der Waals surface area contributed by atoms with Gasteiger partial charge in [-0.25, -0.2) is 9.59 Å². The van der Waals surface area contributed by atoms with Crippen molar-refractivity contribution in [2.75, 3.05) is 33.9 Å². The molecule has 1 aliphatic heterocycles. The van der Waals surface area contributed by atoms with Gasteiger partial charge in [0.25, 0.3) is 5.88 Å². The van der Waals surface area contributed by atoms with Crippen molar-refractivity contribution in [2.24, 2.45) is 0 Å². The van der Waals surface area contributed by atoms with Gasteiger partial charge in [-0.05, 0) is 86.4 Å². The molecule has 212 valence electrons. The highest BCUT2D eigenvalue weighted by atomic mass is 32.2. The van der Waals surface area contributed by atoms with E-state index in [0.717, 1.165) is 53.6 Å². The van der Waals surface area contributed by atoms with Gasteiger partial charge in [-0.1, -0.05) is 23.9 Å². The molecular weight excluding hydrogens is 546 g/mol. The second-order valence-corrected chi connectivity index (χ2v) is 10.2. The van der Waals surface area contributed by atoms with E-state index in [0.29, 0.717) is 22.4 Å². The largest absolute Gasteiger partial charge is 0.494 e. The highest BCUT2D eigenvalue weighted by Crippen LogP contribution is 2.43. The number of ether oxygens (including phenoxy) is 5. The summed E-state index contributed by atoms with van der Waals surface area (Å²) in [5.74, 6) is 0.208. The Morgan fingerprint density at radius 2 is 1.71 bits per heavy atom. The van der Waals surface area contributed by atoms with Gasteiger partial charge >= 0.3 is 11.9 Å². The summed E-state index contributed by atoms with van der Waals surface area (Å²) < 4.78 is 27.1. The van der Waals surface area contributed by atoms with E-state index < -0.39 is 11.9 Å². The standard InChI is InChI=1S/C30H29N3O7S/c1-18-19(8-13-24(36-2)26(18)37-3)14-16-31-15-5-17-38-20-9-11-21(12-10-20)41-27-25-22-6-4-7-23(25)39-29(34)30(35)40-28(27)33-32-22/h4,6-13,31H,5,14-17H2,1-3H3. The minimum Gasteiger partial charge on any atom is -0.494 e. The molecule has 10 nitrogen and oxygen atoms in total. The molecule has 0 atom stereocenters. The number of carbonyl (C=O) groups is 2. The Balaban J connectivity index is 1.12. The average molecular weight is 576 g/mol. The fourth-order valence-electron chi connectivity index (χ4n) is 4.45. The van der Waals surface area contributed by atoms with E-state index >= 15 is 0 Å². The third kappa shape index (κ3) is 6.36. The number of hydrogen-bond donors (Lipinski definition) is 1. The van der Waals surface area contributed by atoms with Crippen LogP contribution < -0.4 is 29.0 Å². The van der Waals surface area contributed by atoms with E-state index in [1.165, 1.54) is 17.3 Å². The minimum atomic E-state index is -1.15. The third-order valence-electron chi connectivity index (χ3n) is 6.52. The summed E-state index contributed by atoms with van der Waals surface area (Å²) in [5.41, 5.74) is 2.84. The van der Waals surface area contributed by atoms with Crippen LogP contribution in [0.2, 0.25) is 0 Å². The van der Waals surface area contributed by atoms with Crippen molar-refractivity contribution in [1.82, 2.24) is 15.5 Å². The molecular formula is C30H29N3O7S. The molecule has 4 aromatic rings. The fourth-order valence-corrected chi connectivity index (χ4v) is 5.43. The monoisotopic (exact) mass is 575 g/mol. The number of nitrogens with one attached hydrogen (secondary N) is 1. The second kappa shape index (κ2) is 12.9. The van der Waals surface area contributed by atoms with Crippen LogP contribution >= 0.6 is 11.8 Å². The Morgan fingerprint density at radius 3 is 2.49 bits per heavy atom. The van der Waals surface area contributed by atoms with E-state index in [1.54, 1.807) is 32.4 Å². The van der Waals surface area contributed by atoms with Crippen molar-refractivity contribution in [3.63, 3.8) is 0 Å². The van der Waals surface area contributed by atoms with Gasteiger partial charge in [-0.2, -0.15) is 0 Å². The molecule has 0 unspecified atom stereocenters. The summed E-state index contributed by atoms with van der Waals surface area (Å²) in [6.07, 6.45) is 1.74. The number of benzene rings is 3. The van der Waals surface area contributed by atoms with Crippen molar-refractivity contribution >= 4 is 34.6 Å². The predicted octanol–water partition coefficient (Wildman–Crippen LogP) is 4.53. The summed E-state index contributed by atoms with van der Waals surface area (Å²) in [5, 5.41) is 12.1. The smallest absolute Gasteiger partial charge is 0.424 e. The maximum atomic E-state index is 12.0. The predicted molar refractivity (Wildman–Crippen MR) is 152 cm³/mol. The van der Waals surface area contributed by atoms with Gasteiger partial charge in [0.05, 0.1) is 36.6 Å². The van der Waals surface area contributed by atoms with E-state index in [1.807, 2.05) is 37.3 Å². The van der Waals surface area contributed by atoms with Crippen LogP contribution in [-0.4, -0.2) is 56.1 Å². The maximum absolute atomic E-state index is 12.0. The molecule has 0 fully saturated rings. The molecule has 0 aliphatic carbocycles. The van der Waals surface area contributed by atoms with Gasteiger partial charge < -0.3 is 29.0 Å². The molecule has 0 saturated carbocycles. The fraction of sp³-hybridized carbons (Fsp3) is 0.267. The molecule has 2 heterocycles. The van der Waals surface area contributed by atoms with Gasteiger partial charge in [-0.15, -0.1) is 10.2 Å². The zero-order valence-corrected chi connectivity index (χ0v) is 23.7. The number of carbonyl (C=O) groups excluding carboxylic acids is 2. The molecule has 1 N–H and O–H groups in total. The molecule has 0 spiro atoms. The van der Waals surface area contributed by atoms with Crippen molar-refractivity contribution in [2.45, 2.75) is 29.6 Å². The maximum Gasteiger partial charge on any atom is 0.424 e. The van der Waals surface area contributed by atoms with Crippen molar-refractivity contribution in [1.29, 1.82) is 0 Å². The highest BCUT2D eigenvalue weighted by Gasteiger charge is 2.29. The van der Waals surface area contributed by atoms with Gasteiger partial charge in [0.15, 0.2) is 11.5 Å². The lowest BCUT2D eigenvalue weighted by Gasteiger charge is -2.16. The van der Waals surface area contributed by atoms with Gasteiger partial charge in [0.2, 0.25) is 0 Å².